The van der Waals surface area contributed by atoms with E-state index < -0.39 is 6.10 Å². The molecule has 3 heteroatoms. The van der Waals surface area contributed by atoms with E-state index in [2.05, 4.69) is 9.55 Å². The van der Waals surface area contributed by atoms with E-state index >= 15 is 0 Å². The molecule has 0 aliphatic heterocycles. The maximum absolute atomic E-state index is 9.55. The average Bonchev–Trinajstić information content (AvgIpc) is 2.76. The molecule has 1 N–H and O–H groups in total. The van der Waals surface area contributed by atoms with Gasteiger partial charge in [-0.2, -0.15) is 0 Å². The third kappa shape index (κ3) is 2.49. The minimum Gasteiger partial charge on any atom is -0.387 e. The Morgan fingerprint density at radius 1 is 1.31 bits per heavy atom. The molecule has 3 nitrogen and oxygen atoms in total. The number of rotatable bonds is 4. The van der Waals surface area contributed by atoms with Crippen LogP contribution in [0.1, 0.15) is 24.4 Å². The molecule has 0 aliphatic carbocycles. The third-order valence-corrected chi connectivity index (χ3v) is 2.63. The smallest absolute Gasteiger partial charge is 0.0911 e. The molecule has 0 saturated heterocycles. The summed E-state index contributed by atoms with van der Waals surface area (Å²) >= 11 is 0. The van der Waals surface area contributed by atoms with Gasteiger partial charge in [-0.3, -0.25) is 4.98 Å². The van der Waals surface area contributed by atoms with Gasteiger partial charge in [0.25, 0.3) is 0 Å². The molecule has 2 rings (SSSR count). The predicted octanol–water partition coefficient (Wildman–Crippen LogP) is 2.18. The second-order valence-electron chi connectivity index (χ2n) is 3.87. The maximum atomic E-state index is 9.55. The fraction of sp³-hybridized carbons (Fsp3) is 0.308. The Morgan fingerprint density at radius 3 is 2.88 bits per heavy atom. The zero-order valence-electron chi connectivity index (χ0n) is 9.37. The summed E-state index contributed by atoms with van der Waals surface area (Å²) in [6, 6.07) is 9.84. The average molecular weight is 216 g/mol. The molecule has 1 unspecified atom stereocenters. The van der Waals surface area contributed by atoms with Gasteiger partial charge < -0.3 is 9.67 Å². The molecule has 0 spiro atoms. The number of aromatic nitrogens is 2. The zero-order chi connectivity index (χ0) is 11.4. The number of aryl methyl sites for hydroxylation is 2. The van der Waals surface area contributed by atoms with Crippen LogP contribution >= 0.6 is 0 Å². The molecule has 0 aliphatic rings. The zero-order valence-corrected chi connectivity index (χ0v) is 9.37. The Labute approximate surface area is 95.4 Å². The summed E-state index contributed by atoms with van der Waals surface area (Å²) in [4.78, 5) is 4.28. The van der Waals surface area contributed by atoms with Gasteiger partial charge in [0.05, 0.1) is 6.10 Å². The van der Waals surface area contributed by atoms with Gasteiger partial charge in [-0.05, 0) is 31.2 Å². The second-order valence-corrected chi connectivity index (χ2v) is 3.87. The van der Waals surface area contributed by atoms with Crippen molar-refractivity contribution >= 4 is 0 Å². The standard InChI is InChI=1S/C13H16N2O/c1-11(16)13-6-4-9-15(13)10-7-12-5-2-3-8-14-12/h2-6,8-9,11,16H,7,10H2,1H3. The lowest BCUT2D eigenvalue weighted by Gasteiger charge is -2.10. The molecule has 0 amide bonds. The van der Waals surface area contributed by atoms with Crippen LogP contribution in [0.2, 0.25) is 0 Å². The Bertz CT molecular complexity index is 434. The molecule has 2 aromatic heterocycles. The van der Waals surface area contributed by atoms with Crippen LogP contribution in [0, 0.1) is 0 Å². The van der Waals surface area contributed by atoms with Crippen molar-refractivity contribution in [2.45, 2.75) is 26.0 Å². The molecule has 0 aromatic carbocycles. The SMILES string of the molecule is CC(O)c1cccn1CCc1ccccn1. The van der Waals surface area contributed by atoms with Gasteiger partial charge in [0.1, 0.15) is 0 Å². The van der Waals surface area contributed by atoms with E-state index in [1.807, 2.05) is 36.5 Å². The van der Waals surface area contributed by atoms with Crippen molar-refractivity contribution < 1.29 is 5.11 Å². The summed E-state index contributed by atoms with van der Waals surface area (Å²) in [5, 5.41) is 9.55. The molecule has 2 heterocycles. The van der Waals surface area contributed by atoms with E-state index in [0.29, 0.717) is 0 Å². The molecule has 84 valence electrons. The van der Waals surface area contributed by atoms with Crippen molar-refractivity contribution in [3.63, 3.8) is 0 Å². The van der Waals surface area contributed by atoms with E-state index in [1.54, 1.807) is 13.1 Å². The van der Waals surface area contributed by atoms with Crippen LogP contribution in [0.25, 0.3) is 0 Å². The van der Waals surface area contributed by atoms with E-state index in [9.17, 15) is 5.11 Å². The summed E-state index contributed by atoms with van der Waals surface area (Å²) in [5.74, 6) is 0. The first-order chi connectivity index (χ1) is 7.77. The lowest BCUT2D eigenvalue weighted by Crippen LogP contribution is -2.07. The van der Waals surface area contributed by atoms with Crippen molar-refractivity contribution in [2.75, 3.05) is 0 Å². The van der Waals surface area contributed by atoms with Crippen LogP contribution in [0.5, 0.6) is 0 Å². The Kier molecular flexibility index (Phi) is 3.37. The normalized spacial score (nSPS) is 12.6. The summed E-state index contributed by atoms with van der Waals surface area (Å²) in [6.07, 6.45) is 4.26. The van der Waals surface area contributed by atoms with Crippen LogP contribution in [-0.4, -0.2) is 14.7 Å². The summed E-state index contributed by atoms with van der Waals surface area (Å²) in [6.45, 7) is 2.64. The van der Waals surface area contributed by atoms with Crippen molar-refractivity contribution in [3.8, 4) is 0 Å². The van der Waals surface area contributed by atoms with Gasteiger partial charge in [-0.1, -0.05) is 6.07 Å². The number of aliphatic hydroxyl groups excluding tert-OH is 1. The topological polar surface area (TPSA) is 38.0 Å². The number of hydrogen-bond acceptors (Lipinski definition) is 2. The predicted molar refractivity (Wildman–Crippen MR) is 63.0 cm³/mol. The van der Waals surface area contributed by atoms with Crippen LogP contribution in [-0.2, 0) is 13.0 Å². The van der Waals surface area contributed by atoms with Crippen molar-refractivity contribution in [2.24, 2.45) is 0 Å². The fourth-order valence-corrected chi connectivity index (χ4v) is 1.79. The number of pyridine rings is 1. The molecular weight excluding hydrogens is 200 g/mol. The van der Waals surface area contributed by atoms with Crippen molar-refractivity contribution in [1.29, 1.82) is 0 Å². The first-order valence-electron chi connectivity index (χ1n) is 5.50. The van der Waals surface area contributed by atoms with Crippen molar-refractivity contribution in [3.05, 3.63) is 54.1 Å². The molecule has 1 atom stereocenters. The second kappa shape index (κ2) is 4.94. The Hall–Kier alpha value is -1.61. The van der Waals surface area contributed by atoms with E-state index in [-0.39, 0.29) is 0 Å². The largest absolute Gasteiger partial charge is 0.387 e. The maximum Gasteiger partial charge on any atom is 0.0911 e. The number of nitrogens with zero attached hydrogens (tertiary/aromatic N) is 2. The summed E-state index contributed by atoms with van der Waals surface area (Å²) in [7, 11) is 0. The summed E-state index contributed by atoms with van der Waals surface area (Å²) in [5.41, 5.74) is 2.03. The fourth-order valence-electron chi connectivity index (χ4n) is 1.79. The van der Waals surface area contributed by atoms with E-state index in [4.69, 9.17) is 0 Å². The van der Waals surface area contributed by atoms with Crippen LogP contribution in [0.3, 0.4) is 0 Å². The van der Waals surface area contributed by atoms with Crippen LogP contribution in [0.15, 0.2) is 42.7 Å². The Balaban J connectivity index is 2.02. The highest BCUT2D eigenvalue weighted by atomic mass is 16.3. The molecule has 0 saturated carbocycles. The lowest BCUT2D eigenvalue weighted by atomic mass is 10.2. The molecule has 2 aromatic rings. The molecular formula is C13H16N2O. The summed E-state index contributed by atoms with van der Waals surface area (Å²) < 4.78 is 2.07. The quantitative estimate of drug-likeness (QED) is 0.850. The highest BCUT2D eigenvalue weighted by Crippen LogP contribution is 2.13. The minimum atomic E-state index is -0.418. The van der Waals surface area contributed by atoms with Gasteiger partial charge in [-0.15, -0.1) is 0 Å². The molecule has 0 bridgehead atoms. The van der Waals surface area contributed by atoms with Gasteiger partial charge in [0, 0.05) is 36.7 Å². The van der Waals surface area contributed by atoms with Crippen LogP contribution in [0.4, 0.5) is 0 Å². The third-order valence-electron chi connectivity index (χ3n) is 2.63. The highest BCUT2D eigenvalue weighted by molar-refractivity contribution is 5.10. The Morgan fingerprint density at radius 2 is 2.19 bits per heavy atom. The van der Waals surface area contributed by atoms with Gasteiger partial charge in [0.2, 0.25) is 0 Å². The van der Waals surface area contributed by atoms with E-state index in [1.165, 1.54) is 0 Å². The van der Waals surface area contributed by atoms with Crippen molar-refractivity contribution in [1.82, 2.24) is 9.55 Å². The number of hydrogen-bond donors (Lipinski definition) is 1. The minimum absolute atomic E-state index is 0.418. The first kappa shape index (κ1) is 10.9. The highest BCUT2D eigenvalue weighted by Gasteiger charge is 2.06. The molecule has 0 radical (unpaired) electrons. The van der Waals surface area contributed by atoms with E-state index in [0.717, 1.165) is 24.4 Å². The van der Waals surface area contributed by atoms with Gasteiger partial charge in [0.15, 0.2) is 0 Å². The molecule has 0 fully saturated rings. The molecule has 16 heavy (non-hydrogen) atoms. The monoisotopic (exact) mass is 216 g/mol. The first-order valence-corrected chi connectivity index (χ1v) is 5.50. The number of aliphatic hydroxyl groups is 1. The van der Waals surface area contributed by atoms with Gasteiger partial charge in [-0.25, -0.2) is 0 Å². The van der Waals surface area contributed by atoms with Gasteiger partial charge >= 0.3 is 0 Å². The lowest BCUT2D eigenvalue weighted by molar-refractivity contribution is 0.189. The van der Waals surface area contributed by atoms with Crippen LogP contribution < -0.4 is 0 Å².